The second-order valence-electron chi connectivity index (χ2n) is 4.02. The summed E-state index contributed by atoms with van der Waals surface area (Å²) in [6, 6.07) is 0.632. The van der Waals surface area contributed by atoms with Crippen molar-refractivity contribution in [3.8, 4) is 0 Å². The van der Waals surface area contributed by atoms with Gasteiger partial charge in [-0.1, -0.05) is 0 Å². The van der Waals surface area contributed by atoms with Crippen molar-refractivity contribution in [3.63, 3.8) is 0 Å². The normalized spacial score (nSPS) is 13.1. The van der Waals surface area contributed by atoms with Gasteiger partial charge in [0, 0.05) is 12.1 Å². The molecule has 1 N–H and O–H groups in total. The van der Waals surface area contributed by atoms with E-state index in [2.05, 4.69) is 27.7 Å². The van der Waals surface area contributed by atoms with Crippen LogP contribution in [0.15, 0.2) is 0 Å². The van der Waals surface area contributed by atoms with E-state index in [1.807, 2.05) is 4.90 Å². The Morgan fingerprint density at radius 2 is 1.64 bits per heavy atom. The van der Waals surface area contributed by atoms with Crippen molar-refractivity contribution in [1.82, 2.24) is 4.90 Å². The van der Waals surface area contributed by atoms with E-state index < -0.39 is 6.10 Å². The van der Waals surface area contributed by atoms with E-state index in [4.69, 9.17) is 22.1 Å². The average molecular weight is 219 g/mol. The molecule has 0 bridgehead atoms. The van der Waals surface area contributed by atoms with Gasteiger partial charge in [0.25, 0.3) is 5.17 Å². The molecule has 4 heteroatoms. The van der Waals surface area contributed by atoms with Crippen molar-refractivity contribution in [2.75, 3.05) is 6.61 Å². The molecule has 0 radical (unpaired) electrons. The zero-order valence-electron chi connectivity index (χ0n) is 9.65. The Morgan fingerprint density at radius 1 is 1.21 bits per heavy atom. The molecule has 0 amide bonds. The van der Waals surface area contributed by atoms with Gasteiger partial charge in [0.15, 0.2) is 0 Å². The quantitative estimate of drug-likeness (QED) is 0.731. The van der Waals surface area contributed by atoms with Gasteiger partial charge >= 0.3 is 0 Å². The molecule has 0 aliphatic carbocycles. The predicted molar refractivity (Wildman–Crippen MR) is 62.3 cm³/mol. The maximum atomic E-state index is 9.06. The van der Waals surface area contributed by atoms with E-state index in [-0.39, 0.29) is 6.61 Å². The van der Waals surface area contributed by atoms with Crippen LogP contribution in [0.4, 0.5) is 0 Å². The van der Waals surface area contributed by atoms with Crippen LogP contribution in [0.25, 0.3) is 0 Å². The summed E-state index contributed by atoms with van der Waals surface area (Å²) >= 11 is 5.14. The van der Waals surface area contributed by atoms with E-state index in [1.54, 1.807) is 6.92 Å². The van der Waals surface area contributed by atoms with Gasteiger partial charge in [-0.15, -0.1) is 0 Å². The van der Waals surface area contributed by atoms with E-state index in [0.717, 1.165) is 0 Å². The smallest absolute Gasteiger partial charge is 0.259 e. The number of aliphatic hydroxyl groups is 1. The summed E-state index contributed by atoms with van der Waals surface area (Å²) in [7, 11) is 0. The zero-order chi connectivity index (χ0) is 11.3. The molecule has 0 fully saturated rings. The standard InChI is InChI=1S/C10H21NO2S/c1-7(2)11(8(3)4)10(14)13-6-9(5)12/h7-9,12H,6H2,1-5H3. The van der Waals surface area contributed by atoms with E-state index in [9.17, 15) is 0 Å². The number of aliphatic hydroxyl groups excluding tert-OH is 1. The first-order valence-electron chi connectivity index (χ1n) is 4.99. The Labute approximate surface area is 92.1 Å². The third-order valence-corrected chi connectivity index (χ3v) is 2.10. The topological polar surface area (TPSA) is 32.7 Å². The molecule has 3 nitrogen and oxygen atoms in total. The van der Waals surface area contributed by atoms with Crippen LogP contribution in [0.5, 0.6) is 0 Å². The van der Waals surface area contributed by atoms with Crippen LogP contribution in [0.3, 0.4) is 0 Å². The van der Waals surface area contributed by atoms with E-state index in [1.165, 1.54) is 0 Å². The SMILES string of the molecule is CC(O)COC(=S)N(C(C)C)C(C)C. The third-order valence-electron chi connectivity index (χ3n) is 1.77. The first-order chi connectivity index (χ1) is 6.36. The van der Waals surface area contributed by atoms with Crippen molar-refractivity contribution in [3.05, 3.63) is 0 Å². The summed E-state index contributed by atoms with van der Waals surface area (Å²) in [5, 5.41) is 9.53. The molecule has 1 atom stereocenters. The highest BCUT2D eigenvalue weighted by atomic mass is 32.1. The van der Waals surface area contributed by atoms with Crippen LogP contribution < -0.4 is 0 Å². The molecule has 0 aromatic rings. The molecule has 0 saturated heterocycles. The molecule has 0 saturated carbocycles. The van der Waals surface area contributed by atoms with Gasteiger partial charge in [0.05, 0.1) is 6.10 Å². The van der Waals surface area contributed by atoms with Gasteiger partial charge in [-0.25, -0.2) is 0 Å². The Morgan fingerprint density at radius 3 is 1.93 bits per heavy atom. The summed E-state index contributed by atoms with van der Waals surface area (Å²) < 4.78 is 5.30. The summed E-state index contributed by atoms with van der Waals surface area (Å²) in [6.07, 6.45) is -0.478. The highest BCUT2D eigenvalue weighted by Crippen LogP contribution is 2.07. The summed E-state index contributed by atoms with van der Waals surface area (Å²) in [5.41, 5.74) is 0. The van der Waals surface area contributed by atoms with Crippen LogP contribution in [0, 0.1) is 0 Å². The lowest BCUT2D eigenvalue weighted by Gasteiger charge is -2.32. The number of rotatable bonds is 4. The summed E-state index contributed by atoms with van der Waals surface area (Å²) in [5.74, 6) is 0. The van der Waals surface area contributed by atoms with Gasteiger partial charge < -0.3 is 14.7 Å². The van der Waals surface area contributed by atoms with Crippen molar-refractivity contribution < 1.29 is 9.84 Å². The molecular weight excluding hydrogens is 198 g/mol. The number of thiocarbonyl (C=S) groups is 1. The molecule has 84 valence electrons. The van der Waals surface area contributed by atoms with Crippen molar-refractivity contribution in [2.45, 2.75) is 52.8 Å². The molecule has 0 aliphatic rings. The van der Waals surface area contributed by atoms with Crippen LogP contribution in [0.1, 0.15) is 34.6 Å². The number of hydrogen-bond acceptors (Lipinski definition) is 3. The van der Waals surface area contributed by atoms with Crippen LogP contribution in [-0.2, 0) is 4.74 Å². The Bertz CT molecular complexity index is 173. The summed E-state index contributed by atoms with van der Waals surface area (Å²) in [6.45, 7) is 10.2. The number of hydrogen-bond donors (Lipinski definition) is 1. The van der Waals surface area contributed by atoms with Crippen LogP contribution >= 0.6 is 12.2 Å². The lowest BCUT2D eigenvalue weighted by Crippen LogP contribution is -2.42. The fourth-order valence-electron chi connectivity index (χ4n) is 1.28. The van der Waals surface area contributed by atoms with Gasteiger partial charge in [0.1, 0.15) is 6.61 Å². The lowest BCUT2D eigenvalue weighted by atomic mass is 10.2. The van der Waals surface area contributed by atoms with Crippen molar-refractivity contribution >= 4 is 17.4 Å². The minimum absolute atomic E-state index is 0.259. The van der Waals surface area contributed by atoms with Crippen LogP contribution in [-0.4, -0.2) is 40.0 Å². The third kappa shape index (κ3) is 4.77. The minimum atomic E-state index is -0.478. The van der Waals surface area contributed by atoms with Gasteiger partial charge in [-0.05, 0) is 46.8 Å². The fourth-order valence-corrected chi connectivity index (χ4v) is 1.77. The van der Waals surface area contributed by atoms with Gasteiger partial charge in [-0.2, -0.15) is 0 Å². The van der Waals surface area contributed by atoms with Crippen molar-refractivity contribution in [2.24, 2.45) is 0 Å². The zero-order valence-corrected chi connectivity index (χ0v) is 10.5. The van der Waals surface area contributed by atoms with Gasteiger partial charge in [0.2, 0.25) is 0 Å². The molecule has 0 aliphatic heterocycles. The highest BCUT2D eigenvalue weighted by molar-refractivity contribution is 7.80. The first-order valence-corrected chi connectivity index (χ1v) is 5.40. The maximum absolute atomic E-state index is 9.06. The second kappa shape index (κ2) is 6.19. The average Bonchev–Trinajstić information content (AvgIpc) is 1.99. The molecule has 1 unspecified atom stereocenters. The van der Waals surface area contributed by atoms with Crippen LogP contribution in [0.2, 0.25) is 0 Å². The summed E-state index contributed by atoms with van der Waals surface area (Å²) in [4.78, 5) is 2.01. The maximum Gasteiger partial charge on any atom is 0.259 e. The molecule has 0 aromatic carbocycles. The van der Waals surface area contributed by atoms with Gasteiger partial charge in [-0.3, -0.25) is 0 Å². The second-order valence-corrected chi connectivity index (χ2v) is 4.37. The molecular formula is C10H21NO2S. The van der Waals surface area contributed by atoms with E-state index in [0.29, 0.717) is 17.3 Å². The first kappa shape index (κ1) is 13.7. The van der Waals surface area contributed by atoms with E-state index >= 15 is 0 Å². The molecule has 0 heterocycles. The predicted octanol–water partition coefficient (Wildman–Crippen LogP) is 1.79. The lowest BCUT2D eigenvalue weighted by molar-refractivity contribution is 0.0978. The largest absolute Gasteiger partial charge is 0.468 e. The minimum Gasteiger partial charge on any atom is -0.468 e. The monoisotopic (exact) mass is 219 g/mol. The highest BCUT2D eigenvalue weighted by Gasteiger charge is 2.18. The van der Waals surface area contributed by atoms with Crippen molar-refractivity contribution in [1.29, 1.82) is 0 Å². The Kier molecular flexibility index (Phi) is 6.04. The Balaban J connectivity index is 4.17. The number of ether oxygens (including phenoxy) is 1. The molecule has 0 rings (SSSR count). The Hall–Kier alpha value is -0.350. The fraction of sp³-hybridized carbons (Fsp3) is 0.900. The molecule has 0 spiro atoms. The number of nitrogens with zero attached hydrogens (tertiary/aromatic N) is 1. The molecule has 14 heavy (non-hydrogen) atoms. The molecule has 0 aromatic heterocycles.